The van der Waals surface area contributed by atoms with Gasteiger partial charge in [-0.25, -0.2) is 4.98 Å². The molecule has 23 heavy (non-hydrogen) atoms. The summed E-state index contributed by atoms with van der Waals surface area (Å²) in [5.41, 5.74) is 2.30. The number of nitrogens with zero attached hydrogens (tertiary/aromatic N) is 2. The molecule has 2 aromatic rings. The standard InChI is InChI=1S/C19H24N4/c1-3-6-15-7-5-8-18(17(15)4-2)19-21-13-16(22-19)14-23-11-9-20-10-12-23/h3-8,13,20H,1,9-12,14H2,2H3,(H,21,22)/b15-6-,17-4+. The molecule has 1 saturated heterocycles. The van der Waals surface area contributed by atoms with Gasteiger partial charge in [-0.3, -0.25) is 4.90 Å². The summed E-state index contributed by atoms with van der Waals surface area (Å²) in [4.78, 5) is 10.5. The molecule has 1 fully saturated rings. The molecule has 3 rings (SSSR count). The minimum absolute atomic E-state index is 0.929. The number of rotatable bonds is 4. The average Bonchev–Trinajstić information content (AvgIpc) is 3.04. The van der Waals surface area contributed by atoms with Gasteiger partial charge < -0.3 is 10.3 Å². The number of hydrogen-bond donors (Lipinski definition) is 2. The van der Waals surface area contributed by atoms with Gasteiger partial charge in [-0.1, -0.05) is 43.0 Å². The summed E-state index contributed by atoms with van der Waals surface area (Å²) in [7, 11) is 0. The van der Waals surface area contributed by atoms with Crippen LogP contribution in [-0.2, 0) is 6.54 Å². The predicted molar refractivity (Wildman–Crippen MR) is 96.2 cm³/mol. The number of imidazole rings is 1. The number of H-pyrrole nitrogens is 1. The van der Waals surface area contributed by atoms with Crippen LogP contribution in [0.15, 0.2) is 37.1 Å². The molecular formula is C19H24N4. The Bertz CT molecular complexity index is 782. The molecule has 1 aromatic heterocycles. The Kier molecular flexibility index (Phi) is 5.05. The maximum atomic E-state index is 4.60. The van der Waals surface area contributed by atoms with Gasteiger partial charge in [-0.05, 0) is 17.4 Å². The van der Waals surface area contributed by atoms with Crippen LogP contribution in [0.5, 0.6) is 0 Å². The van der Waals surface area contributed by atoms with Crippen LogP contribution < -0.4 is 15.8 Å². The van der Waals surface area contributed by atoms with Crippen LogP contribution in [-0.4, -0.2) is 41.0 Å². The van der Waals surface area contributed by atoms with E-state index in [0.717, 1.165) is 44.1 Å². The third-order valence-corrected chi connectivity index (χ3v) is 4.21. The topological polar surface area (TPSA) is 44.0 Å². The van der Waals surface area contributed by atoms with E-state index < -0.39 is 0 Å². The van der Waals surface area contributed by atoms with Gasteiger partial charge in [0.1, 0.15) is 5.82 Å². The number of aromatic nitrogens is 2. The second-order valence-corrected chi connectivity index (χ2v) is 5.78. The van der Waals surface area contributed by atoms with Crippen molar-refractivity contribution in [2.75, 3.05) is 26.2 Å². The normalized spacial score (nSPS) is 17.6. The van der Waals surface area contributed by atoms with Gasteiger partial charge in [0.15, 0.2) is 0 Å². The Hall–Kier alpha value is -2.17. The number of nitrogens with one attached hydrogen (secondary N) is 2. The minimum Gasteiger partial charge on any atom is -0.341 e. The maximum Gasteiger partial charge on any atom is 0.138 e. The van der Waals surface area contributed by atoms with Crippen LogP contribution in [0.25, 0.3) is 23.5 Å². The maximum absolute atomic E-state index is 4.60. The van der Waals surface area contributed by atoms with E-state index in [0.29, 0.717) is 0 Å². The van der Waals surface area contributed by atoms with Crippen molar-refractivity contribution >= 4 is 12.2 Å². The summed E-state index contributed by atoms with van der Waals surface area (Å²) in [5.74, 6) is 0.933. The van der Waals surface area contributed by atoms with Crippen LogP contribution in [0.4, 0.5) is 0 Å². The fourth-order valence-electron chi connectivity index (χ4n) is 3.07. The van der Waals surface area contributed by atoms with E-state index in [1.54, 1.807) is 0 Å². The number of hydrogen-bond acceptors (Lipinski definition) is 3. The molecule has 2 N–H and O–H groups in total. The monoisotopic (exact) mass is 308 g/mol. The zero-order valence-corrected chi connectivity index (χ0v) is 13.7. The quantitative estimate of drug-likeness (QED) is 0.893. The van der Waals surface area contributed by atoms with Crippen molar-refractivity contribution in [2.24, 2.45) is 0 Å². The lowest BCUT2D eigenvalue weighted by atomic mass is 10.1. The van der Waals surface area contributed by atoms with Gasteiger partial charge in [0.05, 0.1) is 0 Å². The van der Waals surface area contributed by atoms with E-state index in [1.807, 2.05) is 18.3 Å². The highest BCUT2D eigenvalue weighted by atomic mass is 15.2. The number of allylic oxidation sites excluding steroid dienone is 1. The highest BCUT2D eigenvalue weighted by Gasteiger charge is 2.12. The number of benzene rings is 1. The fraction of sp³-hybridized carbons (Fsp3) is 0.316. The molecule has 1 aliphatic heterocycles. The van der Waals surface area contributed by atoms with Gasteiger partial charge >= 0.3 is 0 Å². The SMILES string of the molecule is C=C/C=c1/cccc(-c2ncc(CN3CCNCC3)[nH]2)/c1=C/C. The highest BCUT2D eigenvalue weighted by Crippen LogP contribution is 2.12. The summed E-state index contributed by atoms with van der Waals surface area (Å²) in [6.45, 7) is 11.1. The van der Waals surface area contributed by atoms with Crippen molar-refractivity contribution in [1.29, 1.82) is 0 Å². The molecule has 1 aromatic carbocycles. The number of piperazine rings is 1. The minimum atomic E-state index is 0.929. The van der Waals surface area contributed by atoms with Crippen molar-refractivity contribution < 1.29 is 0 Å². The lowest BCUT2D eigenvalue weighted by Crippen LogP contribution is -2.42. The summed E-state index contributed by atoms with van der Waals surface area (Å²) in [6, 6.07) is 6.28. The zero-order chi connectivity index (χ0) is 16.1. The molecule has 0 bridgehead atoms. The Balaban J connectivity index is 1.90. The Labute approximate surface area is 137 Å². The van der Waals surface area contributed by atoms with Crippen molar-refractivity contribution in [3.63, 3.8) is 0 Å². The lowest BCUT2D eigenvalue weighted by Gasteiger charge is -2.26. The van der Waals surface area contributed by atoms with Crippen LogP contribution >= 0.6 is 0 Å². The zero-order valence-electron chi connectivity index (χ0n) is 13.7. The van der Waals surface area contributed by atoms with Gasteiger partial charge in [-0.15, -0.1) is 0 Å². The highest BCUT2D eigenvalue weighted by molar-refractivity contribution is 5.59. The first-order chi connectivity index (χ1) is 11.3. The summed E-state index contributed by atoms with van der Waals surface area (Å²) in [6.07, 6.45) is 7.94. The van der Waals surface area contributed by atoms with Gasteiger partial charge in [0.2, 0.25) is 0 Å². The van der Waals surface area contributed by atoms with Crippen LogP contribution in [0, 0.1) is 0 Å². The second-order valence-electron chi connectivity index (χ2n) is 5.78. The molecule has 0 radical (unpaired) electrons. The lowest BCUT2D eigenvalue weighted by molar-refractivity contribution is 0.231. The smallest absolute Gasteiger partial charge is 0.138 e. The molecule has 4 heteroatoms. The Morgan fingerprint density at radius 3 is 2.87 bits per heavy atom. The summed E-state index contributed by atoms with van der Waals surface area (Å²) in [5, 5.41) is 5.74. The Morgan fingerprint density at radius 1 is 1.30 bits per heavy atom. The average molecular weight is 308 g/mol. The third kappa shape index (κ3) is 3.60. The van der Waals surface area contributed by atoms with Gasteiger partial charge in [-0.2, -0.15) is 0 Å². The molecule has 2 heterocycles. The van der Waals surface area contributed by atoms with E-state index in [-0.39, 0.29) is 0 Å². The van der Waals surface area contributed by atoms with Crippen LogP contribution in [0.1, 0.15) is 12.6 Å². The van der Waals surface area contributed by atoms with E-state index in [9.17, 15) is 0 Å². The second kappa shape index (κ2) is 7.40. The number of aromatic amines is 1. The largest absolute Gasteiger partial charge is 0.341 e. The first-order valence-corrected chi connectivity index (χ1v) is 8.17. The fourth-order valence-corrected chi connectivity index (χ4v) is 3.07. The van der Waals surface area contributed by atoms with Crippen molar-refractivity contribution in [3.8, 4) is 11.4 Å². The van der Waals surface area contributed by atoms with Crippen LogP contribution in [0.3, 0.4) is 0 Å². The summed E-state index contributed by atoms with van der Waals surface area (Å²) >= 11 is 0. The Morgan fingerprint density at radius 2 is 2.13 bits per heavy atom. The predicted octanol–water partition coefficient (Wildman–Crippen LogP) is 1.25. The van der Waals surface area contributed by atoms with Crippen molar-refractivity contribution in [2.45, 2.75) is 13.5 Å². The first kappa shape index (κ1) is 15.7. The molecular weight excluding hydrogens is 284 g/mol. The van der Waals surface area contributed by atoms with Crippen LogP contribution in [0.2, 0.25) is 0 Å². The molecule has 0 amide bonds. The van der Waals surface area contributed by atoms with Gasteiger partial charge in [0, 0.05) is 50.2 Å². The molecule has 120 valence electrons. The molecule has 4 nitrogen and oxygen atoms in total. The third-order valence-electron chi connectivity index (χ3n) is 4.21. The molecule has 0 atom stereocenters. The molecule has 0 aliphatic carbocycles. The van der Waals surface area contributed by atoms with E-state index in [4.69, 9.17) is 0 Å². The van der Waals surface area contributed by atoms with Crippen molar-refractivity contribution in [1.82, 2.24) is 20.2 Å². The molecule has 0 spiro atoms. The first-order valence-electron chi connectivity index (χ1n) is 8.17. The van der Waals surface area contributed by atoms with Gasteiger partial charge in [0.25, 0.3) is 0 Å². The molecule has 0 saturated carbocycles. The van der Waals surface area contributed by atoms with Crippen molar-refractivity contribution in [3.05, 3.63) is 53.2 Å². The molecule has 1 aliphatic rings. The van der Waals surface area contributed by atoms with E-state index in [1.165, 1.54) is 16.1 Å². The summed E-state index contributed by atoms with van der Waals surface area (Å²) < 4.78 is 0. The van der Waals surface area contributed by atoms with E-state index in [2.05, 4.69) is 58.0 Å². The molecule has 0 unspecified atom stereocenters. The van der Waals surface area contributed by atoms with E-state index >= 15 is 0 Å².